The van der Waals surface area contributed by atoms with Gasteiger partial charge in [0.05, 0.1) is 5.75 Å². The second-order valence-corrected chi connectivity index (χ2v) is 8.79. The molecule has 2 rings (SSSR count). The Morgan fingerprint density at radius 3 is 2.27 bits per heavy atom. The van der Waals surface area contributed by atoms with Gasteiger partial charge in [0.2, 0.25) is 11.8 Å². The van der Waals surface area contributed by atoms with Crippen molar-refractivity contribution >= 4 is 35.2 Å². The lowest BCUT2D eigenvalue weighted by Crippen LogP contribution is -2.51. The maximum atomic E-state index is 13.2. The maximum Gasteiger partial charge on any atom is 0.243 e. The normalized spacial score (nSPS) is 12.8. The van der Waals surface area contributed by atoms with Crippen LogP contribution in [0.3, 0.4) is 0 Å². The van der Waals surface area contributed by atoms with Gasteiger partial charge in [-0.05, 0) is 43.0 Å². The molecule has 0 bridgehead atoms. The SMILES string of the molecule is CC[C@H](C)NC(=O)[C@H](CC)N(Cc1ccccc1)C(=O)CSCc1ccc(Cl)cc1. The Kier molecular flexibility index (Phi) is 10.2. The van der Waals surface area contributed by atoms with Gasteiger partial charge in [-0.3, -0.25) is 9.59 Å². The molecule has 6 heteroatoms. The fourth-order valence-corrected chi connectivity index (χ4v) is 4.06. The van der Waals surface area contributed by atoms with Crippen molar-refractivity contribution in [2.24, 2.45) is 0 Å². The average Bonchev–Trinajstić information content (AvgIpc) is 2.75. The number of halogens is 1. The topological polar surface area (TPSA) is 49.4 Å². The predicted molar refractivity (Wildman–Crippen MR) is 127 cm³/mol. The molecule has 0 aromatic heterocycles. The van der Waals surface area contributed by atoms with Crippen molar-refractivity contribution in [3.63, 3.8) is 0 Å². The first-order chi connectivity index (χ1) is 14.4. The summed E-state index contributed by atoms with van der Waals surface area (Å²) < 4.78 is 0. The molecule has 0 saturated carbocycles. The van der Waals surface area contributed by atoms with Crippen molar-refractivity contribution in [2.75, 3.05) is 5.75 Å². The molecule has 2 amide bonds. The van der Waals surface area contributed by atoms with E-state index in [0.717, 1.165) is 23.3 Å². The van der Waals surface area contributed by atoms with E-state index in [-0.39, 0.29) is 17.9 Å². The Bertz CT molecular complexity index is 799. The van der Waals surface area contributed by atoms with Crippen LogP contribution in [0.2, 0.25) is 5.02 Å². The lowest BCUT2D eigenvalue weighted by molar-refractivity contribution is -0.139. The van der Waals surface area contributed by atoms with E-state index in [2.05, 4.69) is 5.32 Å². The van der Waals surface area contributed by atoms with Crippen LogP contribution in [0.15, 0.2) is 54.6 Å². The van der Waals surface area contributed by atoms with Crippen LogP contribution in [0, 0.1) is 0 Å². The minimum absolute atomic E-state index is 0.0241. The van der Waals surface area contributed by atoms with Crippen molar-refractivity contribution in [1.82, 2.24) is 10.2 Å². The highest BCUT2D eigenvalue weighted by Gasteiger charge is 2.29. The van der Waals surface area contributed by atoms with E-state index in [1.54, 1.807) is 16.7 Å². The van der Waals surface area contributed by atoms with E-state index in [0.29, 0.717) is 23.7 Å². The Labute approximate surface area is 189 Å². The van der Waals surface area contributed by atoms with Crippen LogP contribution in [0.1, 0.15) is 44.7 Å². The molecule has 0 saturated heterocycles. The van der Waals surface area contributed by atoms with Gasteiger partial charge in [0.15, 0.2) is 0 Å². The summed E-state index contributed by atoms with van der Waals surface area (Å²) >= 11 is 7.49. The van der Waals surface area contributed by atoms with Crippen molar-refractivity contribution in [2.45, 2.75) is 58.0 Å². The number of carbonyl (C=O) groups is 2. The Hall–Kier alpha value is -1.98. The molecule has 162 valence electrons. The van der Waals surface area contributed by atoms with E-state index in [1.807, 2.05) is 75.4 Å². The molecule has 0 spiro atoms. The summed E-state index contributed by atoms with van der Waals surface area (Å²) in [7, 11) is 0. The van der Waals surface area contributed by atoms with Crippen LogP contribution >= 0.6 is 23.4 Å². The number of hydrogen-bond donors (Lipinski definition) is 1. The highest BCUT2D eigenvalue weighted by atomic mass is 35.5. The van der Waals surface area contributed by atoms with Crippen molar-refractivity contribution in [1.29, 1.82) is 0 Å². The molecule has 0 aliphatic rings. The van der Waals surface area contributed by atoms with Crippen molar-refractivity contribution in [3.8, 4) is 0 Å². The first kappa shape index (κ1) is 24.3. The molecule has 2 atom stereocenters. The number of thioether (sulfide) groups is 1. The van der Waals surface area contributed by atoms with Gasteiger partial charge in [-0.1, -0.05) is 67.9 Å². The number of nitrogens with zero attached hydrogens (tertiary/aromatic N) is 1. The molecule has 0 radical (unpaired) electrons. The Morgan fingerprint density at radius 1 is 1.00 bits per heavy atom. The smallest absolute Gasteiger partial charge is 0.243 e. The Balaban J connectivity index is 2.09. The van der Waals surface area contributed by atoms with E-state index < -0.39 is 6.04 Å². The first-order valence-electron chi connectivity index (χ1n) is 10.4. The van der Waals surface area contributed by atoms with Crippen LogP contribution in [0.4, 0.5) is 0 Å². The molecule has 0 aliphatic heterocycles. The standard InChI is InChI=1S/C24H31ClN2O2S/c1-4-18(3)26-24(29)22(5-2)27(15-19-9-7-6-8-10-19)23(28)17-30-16-20-11-13-21(25)14-12-20/h6-14,18,22H,4-5,15-17H2,1-3H3,(H,26,29)/t18-,22-/m0/s1. The minimum atomic E-state index is -0.483. The fraction of sp³-hybridized carbons (Fsp3) is 0.417. The molecule has 1 N–H and O–H groups in total. The molecule has 2 aromatic carbocycles. The highest BCUT2D eigenvalue weighted by Crippen LogP contribution is 2.18. The number of carbonyl (C=O) groups excluding carboxylic acids is 2. The molecule has 2 aromatic rings. The van der Waals surface area contributed by atoms with Gasteiger partial charge < -0.3 is 10.2 Å². The summed E-state index contributed by atoms with van der Waals surface area (Å²) in [6, 6.07) is 17.1. The maximum absolute atomic E-state index is 13.2. The number of rotatable bonds is 11. The third kappa shape index (κ3) is 7.69. The van der Waals surface area contributed by atoms with Crippen molar-refractivity contribution in [3.05, 3.63) is 70.7 Å². The third-order valence-electron chi connectivity index (χ3n) is 4.99. The molecule has 30 heavy (non-hydrogen) atoms. The molecular weight excluding hydrogens is 416 g/mol. The molecule has 0 aliphatic carbocycles. The van der Waals surface area contributed by atoms with Gasteiger partial charge in [-0.2, -0.15) is 0 Å². The zero-order chi connectivity index (χ0) is 21.9. The van der Waals surface area contributed by atoms with Crippen LogP contribution in [-0.4, -0.2) is 34.6 Å². The fourth-order valence-electron chi connectivity index (χ4n) is 3.06. The van der Waals surface area contributed by atoms with Crippen LogP contribution in [0.25, 0.3) is 0 Å². The number of nitrogens with one attached hydrogen (secondary N) is 1. The van der Waals surface area contributed by atoms with Crippen LogP contribution < -0.4 is 5.32 Å². The summed E-state index contributed by atoms with van der Waals surface area (Å²) in [4.78, 5) is 27.8. The lowest BCUT2D eigenvalue weighted by Gasteiger charge is -2.31. The zero-order valence-electron chi connectivity index (χ0n) is 17.9. The van der Waals surface area contributed by atoms with Gasteiger partial charge in [0, 0.05) is 23.4 Å². The van der Waals surface area contributed by atoms with E-state index in [1.165, 1.54) is 0 Å². The summed E-state index contributed by atoms with van der Waals surface area (Å²) in [5.41, 5.74) is 2.14. The third-order valence-corrected chi connectivity index (χ3v) is 6.23. The summed E-state index contributed by atoms with van der Waals surface area (Å²) in [6.45, 7) is 6.39. The molecule has 0 fully saturated rings. The summed E-state index contributed by atoms with van der Waals surface area (Å²) in [6.07, 6.45) is 1.43. The summed E-state index contributed by atoms with van der Waals surface area (Å²) in [5, 5.41) is 3.74. The largest absolute Gasteiger partial charge is 0.352 e. The van der Waals surface area contributed by atoms with Gasteiger partial charge in [0.1, 0.15) is 6.04 Å². The van der Waals surface area contributed by atoms with Gasteiger partial charge >= 0.3 is 0 Å². The average molecular weight is 447 g/mol. The molecule has 0 heterocycles. The minimum Gasteiger partial charge on any atom is -0.352 e. The lowest BCUT2D eigenvalue weighted by atomic mass is 10.1. The number of hydrogen-bond acceptors (Lipinski definition) is 3. The van der Waals surface area contributed by atoms with Gasteiger partial charge in [0.25, 0.3) is 0 Å². The quantitative estimate of drug-likeness (QED) is 0.509. The second kappa shape index (κ2) is 12.7. The second-order valence-electron chi connectivity index (χ2n) is 7.37. The van der Waals surface area contributed by atoms with E-state index >= 15 is 0 Å². The molecule has 0 unspecified atom stereocenters. The number of benzene rings is 2. The van der Waals surface area contributed by atoms with Crippen molar-refractivity contribution < 1.29 is 9.59 Å². The summed E-state index contributed by atoms with van der Waals surface area (Å²) in [5.74, 6) is 0.934. The molecular formula is C24H31ClN2O2S. The molecule has 4 nitrogen and oxygen atoms in total. The first-order valence-corrected chi connectivity index (χ1v) is 11.9. The van der Waals surface area contributed by atoms with Gasteiger partial charge in [-0.15, -0.1) is 11.8 Å². The highest BCUT2D eigenvalue weighted by molar-refractivity contribution is 7.99. The Morgan fingerprint density at radius 2 is 1.67 bits per heavy atom. The van der Waals surface area contributed by atoms with Crippen LogP contribution in [0.5, 0.6) is 0 Å². The number of amides is 2. The van der Waals surface area contributed by atoms with Gasteiger partial charge in [-0.25, -0.2) is 0 Å². The zero-order valence-corrected chi connectivity index (χ0v) is 19.5. The van der Waals surface area contributed by atoms with Crippen LogP contribution in [-0.2, 0) is 21.9 Å². The van der Waals surface area contributed by atoms with E-state index in [4.69, 9.17) is 11.6 Å². The van der Waals surface area contributed by atoms with E-state index in [9.17, 15) is 9.59 Å². The predicted octanol–water partition coefficient (Wildman–Crippen LogP) is 5.30. The monoisotopic (exact) mass is 446 g/mol.